The number of hydrazine groups is 2. The second kappa shape index (κ2) is 28.8. The van der Waals surface area contributed by atoms with E-state index in [9.17, 15) is 47.1 Å². The van der Waals surface area contributed by atoms with E-state index in [-0.39, 0.29) is 57.4 Å². The second-order valence-electron chi connectivity index (χ2n) is 14.9. The maximum atomic E-state index is 13.4. The molecule has 1 unspecified atom stereocenters. The zero-order chi connectivity index (χ0) is 46.9. The molecule has 22 heteroatoms. The van der Waals surface area contributed by atoms with Crippen molar-refractivity contribution in [2.24, 2.45) is 23.3 Å². The van der Waals surface area contributed by atoms with Crippen molar-refractivity contribution in [3.8, 4) is 0 Å². The Bertz CT molecular complexity index is 1790. The number of hydrogen-bond acceptors (Lipinski definition) is 10. The monoisotopic (exact) mass is 928 g/mol. The number of nitrogens with one attached hydrogen (secondary N) is 4. The summed E-state index contributed by atoms with van der Waals surface area (Å²) in [5.41, 5.74) is 11.3. The van der Waals surface area contributed by atoms with Gasteiger partial charge < -0.3 is 31.6 Å². The van der Waals surface area contributed by atoms with Gasteiger partial charge in [-0.1, -0.05) is 130 Å². The fourth-order valence-corrected chi connectivity index (χ4v) is 6.28. The Balaban J connectivity index is 0.000000436. The van der Waals surface area contributed by atoms with Crippen LogP contribution in [0.3, 0.4) is 0 Å². The van der Waals surface area contributed by atoms with Crippen LogP contribution in [0, 0.1) is 11.8 Å². The highest BCUT2D eigenvalue weighted by atomic mass is 35.5. The lowest BCUT2D eigenvalue weighted by molar-refractivity contribution is -0.144. The van der Waals surface area contributed by atoms with Crippen LogP contribution in [0.4, 0.5) is 18.4 Å². The molecule has 2 aromatic rings. The predicted octanol–water partition coefficient (Wildman–Crippen LogP) is 4.12. The summed E-state index contributed by atoms with van der Waals surface area (Å²) in [6.45, 7) is 2.93. The van der Waals surface area contributed by atoms with Crippen molar-refractivity contribution < 1.29 is 56.6 Å². The van der Waals surface area contributed by atoms with Gasteiger partial charge in [-0.25, -0.2) is 28.4 Å². The third-order valence-corrected chi connectivity index (χ3v) is 9.58. The van der Waals surface area contributed by atoms with Gasteiger partial charge in [0.25, 0.3) is 34.9 Å². The van der Waals surface area contributed by atoms with Crippen LogP contribution >= 0.6 is 23.2 Å². The number of alkyl halides is 4. The average Bonchev–Trinajstić information content (AvgIpc) is 3.24. The molecule has 18 nitrogen and oxygen atoms in total. The molecule has 63 heavy (non-hydrogen) atoms. The average molecular weight is 930 g/mol. The van der Waals surface area contributed by atoms with Crippen LogP contribution in [-0.4, -0.2) is 94.1 Å². The number of nitrogens with two attached hydrogens (primary N) is 2. The number of alkyl carbamates (subject to hydrolysis) is 2. The van der Waals surface area contributed by atoms with E-state index in [1.807, 2.05) is 38.1 Å². The number of ether oxygens (including phenoxy) is 2. The molecule has 0 radical (unpaired) electrons. The van der Waals surface area contributed by atoms with Crippen LogP contribution in [0.25, 0.3) is 0 Å². The van der Waals surface area contributed by atoms with Crippen molar-refractivity contribution in [1.82, 2.24) is 31.5 Å². The van der Waals surface area contributed by atoms with Gasteiger partial charge in [-0.2, -0.15) is 0 Å². The number of carbonyl (C=O) groups excluding carboxylic acids is 8. The quantitative estimate of drug-likeness (QED) is 0.0818. The fourth-order valence-electron chi connectivity index (χ4n) is 6.05. The van der Waals surface area contributed by atoms with E-state index in [2.05, 4.69) is 21.5 Å². The Morgan fingerprint density at radius 1 is 0.667 bits per heavy atom. The van der Waals surface area contributed by atoms with Gasteiger partial charge in [-0.15, -0.1) is 0 Å². The summed E-state index contributed by atoms with van der Waals surface area (Å²) >= 11 is 10.4. The summed E-state index contributed by atoms with van der Waals surface area (Å²) in [5.74, 6) is -5.35. The number of halogens is 4. The molecule has 0 spiro atoms. The molecule has 8 amide bonds. The lowest BCUT2D eigenvalue weighted by Gasteiger charge is -2.29. The number of primary amides is 2. The van der Waals surface area contributed by atoms with Crippen LogP contribution in [-0.2, 0) is 51.5 Å². The minimum absolute atomic E-state index is 0.00168. The van der Waals surface area contributed by atoms with Gasteiger partial charge in [0.2, 0.25) is 11.8 Å². The molecule has 1 saturated carbocycles. The molecule has 0 aliphatic heterocycles. The third-order valence-electron chi connectivity index (χ3n) is 9.20. The van der Waals surface area contributed by atoms with Crippen LogP contribution < -0.4 is 33.0 Å². The number of hydrogen-bond donors (Lipinski definition) is 6. The Kier molecular flexibility index (Phi) is 24.4. The van der Waals surface area contributed by atoms with Crippen molar-refractivity contribution in [1.29, 1.82) is 0 Å². The van der Waals surface area contributed by atoms with Gasteiger partial charge in [-0.3, -0.25) is 39.6 Å². The second-order valence-corrected chi connectivity index (χ2v) is 15.6. The molecule has 4 atom stereocenters. The van der Waals surface area contributed by atoms with Crippen LogP contribution in [0.2, 0.25) is 0 Å². The van der Waals surface area contributed by atoms with E-state index in [0.29, 0.717) is 16.4 Å². The summed E-state index contributed by atoms with van der Waals surface area (Å²) < 4.78 is 36.9. The molecular formula is C41H56Cl2F2N8O10. The zero-order valence-electron chi connectivity index (χ0n) is 35.1. The highest BCUT2D eigenvalue weighted by Crippen LogP contribution is 2.27. The van der Waals surface area contributed by atoms with Crippen molar-refractivity contribution in [2.75, 3.05) is 13.1 Å². The largest absolute Gasteiger partial charge is 0.445 e. The highest BCUT2D eigenvalue weighted by molar-refractivity contribution is 6.29. The van der Waals surface area contributed by atoms with Gasteiger partial charge in [-0.05, 0) is 35.8 Å². The molecule has 8 N–H and O–H groups in total. The molecule has 0 saturated heterocycles. The summed E-state index contributed by atoms with van der Waals surface area (Å²) in [5, 5.41) is 6.14. The lowest BCUT2D eigenvalue weighted by atomic mass is 9.84. The Labute approximate surface area is 374 Å². The molecule has 2 aromatic carbocycles. The predicted molar refractivity (Wildman–Crippen MR) is 227 cm³/mol. The van der Waals surface area contributed by atoms with Crippen molar-refractivity contribution >= 4 is 70.8 Å². The van der Waals surface area contributed by atoms with Crippen LogP contribution in [0.1, 0.15) is 82.8 Å². The Hall–Kier alpha value is -5.76. The minimum atomic E-state index is -2.43. The Morgan fingerprint density at radius 2 is 1.06 bits per heavy atom. The van der Waals surface area contributed by atoms with Crippen molar-refractivity contribution in [3.63, 3.8) is 0 Å². The van der Waals surface area contributed by atoms with Crippen molar-refractivity contribution in [3.05, 3.63) is 71.8 Å². The van der Waals surface area contributed by atoms with E-state index >= 15 is 0 Å². The highest BCUT2D eigenvalue weighted by Gasteiger charge is 2.31. The van der Waals surface area contributed by atoms with E-state index in [0.717, 1.165) is 43.2 Å². The minimum Gasteiger partial charge on any atom is -0.445 e. The standard InChI is InChI=1S/C22H30ClFN4O5.C19H26ClFN4O5/c23-19(24)21(31)28(12-11-18(25)29)27-20(30)17(13-15-7-3-1-4-8-15)26-22(32)33-14-16-9-5-2-6-10-16;1-12(2)10-14(23-19(29)30-11-13-6-4-3-5-7-13)17(27)24-25(9-8-15(22)26)18(28)16(20)21/h2,5-6,9-10,15,17,19H,1,3-4,7-8,11-14H2,(H2,25,29)(H,26,32)(H,27,30);3-7,12,14,16H,8-11H2,1-2H3,(H2,22,26)(H,23,29)(H,24,27)/t17-,19-;14-,16?/m00/s1. The van der Waals surface area contributed by atoms with Crippen molar-refractivity contribution in [2.45, 2.75) is 108 Å². The number of nitrogens with zero attached hydrogens (tertiary/aromatic N) is 2. The van der Waals surface area contributed by atoms with E-state index in [4.69, 9.17) is 44.1 Å². The number of amides is 8. The van der Waals surface area contributed by atoms with Gasteiger partial charge in [0, 0.05) is 12.8 Å². The number of benzene rings is 2. The molecule has 1 aliphatic rings. The first-order valence-corrected chi connectivity index (χ1v) is 21.0. The molecule has 1 fully saturated rings. The Morgan fingerprint density at radius 3 is 1.44 bits per heavy atom. The SMILES string of the molecule is CC(C)C[C@H](NC(=O)OCc1ccccc1)C(=O)NN(CCC(N)=O)C(=O)C(F)Cl.NC(=O)CCN(NC(=O)[C@H](CC1CCCCC1)NC(=O)OCc1ccccc1)C(=O)[C@H](F)Cl. The molecule has 3 rings (SSSR count). The smallest absolute Gasteiger partial charge is 0.408 e. The fraction of sp³-hybridized carbons (Fsp3) is 0.512. The molecule has 0 bridgehead atoms. The van der Waals surface area contributed by atoms with E-state index < -0.39 is 71.0 Å². The number of rotatable bonds is 20. The first-order chi connectivity index (χ1) is 29.9. The maximum Gasteiger partial charge on any atom is 0.408 e. The summed E-state index contributed by atoms with van der Waals surface area (Å²) in [4.78, 5) is 96.0. The third kappa shape index (κ3) is 22.2. The first kappa shape index (κ1) is 53.4. The maximum absolute atomic E-state index is 13.4. The van der Waals surface area contributed by atoms with Gasteiger partial charge in [0.15, 0.2) is 0 Å². The normalized spacial score (nSPS) is 14.2. The zero-order valence-corrected chi connectivity index (χ0v) is 36.6. The lowest BCUT2D eigenvalue weighted by Crippen LogP contribution is -2.56. The van der Waals surface area contributed by atoms with Crippen LogP contribution in [0.5, 0.6) is 0 Å². The molecule has 0 aromatic heterocycles. The van der Waals surface area contributed by atoms with E-state index in [1.54, 1.807) is 36.4 Å². The van der Waals surface area contributed by atoms with Gasteiger partial charge in [0.05, 0.1) is 13.1 Å². The molecule has 1 aliphatic carbocycles. The summed E-state index contributed by atoms with van der Waals surface area (Å²) in [6.07, 6.45) is 3.24. The van der Waals surface area contributed by atoms with Crippen LogP contribution in [0.15, 0.2) is 60.7 Å². The first-order valence-electron chi connectivity index (χ1n) is 20.2. The molecular weight excluding hydrogens is 873 g/mol. The summed E-state index contributed by atoms with van der Waals surface area (Å²) in [7, 11) is 0. The topological polar surface area (TPSA) is 262 Å². The van der Waals surface area contributed by atoms with Gasteiger partial charge in [0.1, 0.15) is 25.3 Å². The van der Waals surface area contributed by atoms with Gasteiger partial charge >= 0.3 is 12.2 Å². The molecule has 348 valence electrons. The molecule has 0 heterocycles. The number of carbonyl (C=O) groups is 8. The van der Waals surface area contributed by atoms with E-state index in [1.165, 1.54) is 0 Å². The summed E-state index contributed by atoms with van der Waals surface area (Å²) in [6, 6.07) is 15.9.